The third kappa shape index (κ3) is 2.29. The lowest BCUT2D eigenvalue weighted by atomic mass is 10.0. The van der Waals surface area contributed by atoms with Crippen LogP contribution in [0.15, 0.2) is 18.2 Å². The molecule has 1 heterocycles. The Labute approximate surface area is 88.7 Å². The van der Waals surface area contributed by atoms with Gasteiger partial charge in [0.15, 0.2) is 0 Å². The molecule has 1 aromatic rings. The van der Waals surface area contributed by atoms with Gasteiger partial charge in [-0.15, -0.1) is 0 Å². The van der Waals surface area contributed by atoms with Gasteiger partial charge in [-0.05, 0) is 24.0 Å². The van der Waals surface area contributed by atoms with Gasteiger partial charge in [0, 0.05) is 12.8 Å². The second kappa shape index (κ2) is 4.34. The summed E-state index contributed by atoms with van der Waals surface area (Å²) in [7, 11) is 0. The van der Waals surface area contributed by atoms with E-state index in [0.717, 1.165) is 30.8 Å². The van der Waals surface area contributed by atoms with Gasteiger partial charge in [0.05, 0.1) is 6.61 Å². The fourth-order valence-corrected chi connectivity index (χ4v) is 1.91. The first-order chi connectivity index (χ1) is 7.27. The molecular formula is C12H14O3. The van der Waals surface area contributed by atoms with Gasteiger partial charge in [0.1, 0.15) is 5.75 Å². The highest BCUT2D eigenvalue weighted by atomic mass is 16.5. The Balaban J connectivity index is 2.02. The number of hydrogen-bond donors (Lipinski definition) is 1. The van der Waals surface area contributed by atoms with Crippen molar-refractivity contribution in [3.63, 3.8) is 0 Å². The zero-order valence-electron chi connectivity index (χ0n) is 8.53. The summed E-state index contributed by atoms with van der Waals surface area (Å²) in [6.07, 6.45) is 2.66. The first kappa shape index (κ1) is 10.0. The smallest absolute Gasteiger partial charge is 0.303 e. The molecule has 0 spiro atoms. The average Bonchev–Trinajstić information content (AvgIpc) is 2.65. The molecular weight excluding hydrogens is 192 g/mol. The molecule has 1 N–H and O–H groups in total. The van der Waals surface area contributed by atoms with Gasteiger partial charge in [-0.3, -0.25) is 4.79 Å². The summed E-state index contributed by atoms with van der Waals surface area (Å²) in [5, 5.41) is 8.55. The third-order valence-electron chi connectivity index (χ3n) is 2.63. The molecule has 0 saturated carbocycles. The number of rotatable bonds is 4. The minimum absolute atomic E-state index is 0.226. The maximum absolute atomic E-state index is 10.4. The van der Waals surface area contributed by atoms with Crippen LogP contribution in [0.4, 0.5) is 0 Å². The van der Waals surface area contributed by atoms with E-state index in [2.05, 4.69) is 6.07 Å². The Morgan fingerprint density at radius 2 is 2.33 bits per heavy atom. The van der Waals surface area contributed by atoms with Crippen LogP contribution in [0.25, 0.3) is 0 Å². The van der Waals surface area contributed by atoms with Crippen LogP contribution < -0.4 is 4.74 Å². The van der Waals surface area contributed by atoms with Crippen molar-refractivity contribution >= 4 is 5.97 Å². The summed E-state index contributed by atoms with van der Waals surface area (Å²) < 4.78 is 5.54. The number of benzene rings is 1. The molecule has 0 fully saturated rings. The number of carboxylic acid groups (broad SMARTS) is 1. The van der Waals surface area contributed by atoms with Crippen LogP contribution in [0.1, 0.15) is 24.0 Å². The van der Waals surface area contributed by atoms with E-state index < -0.39 is 5.97 Å². The molecule has 1 aliphatic heterocycles. The monoisotopic (exact) mass is 206 g/mol. The van der Waals surface area contributed by atoms with Crippen LogP contribution >= 0.6 is 0 Å². The normalized spacial score (nSPS) is 13.3. The molecule has 3 nitrogen and oxygen atoms in total. The van der Waals surface area contributed by atoms with E-state index in [-0.39, 0.29) is 6.42 Å². The Morgan fingerprint density at radius 3 is 3.13 bits per heavy atom. The summed E-state index contributed by atoms with van der Waals surface area (Å²) >= 11 is 0. The molecule has 15 heavy (non-hydrogen) atoms. The molecule has 0 aromatic heterocycles. The van der Waals surface area contributed by atoms with Gasteiger partial charge in [0.25, 0.3) is 0 Å². The second-order valence-corrected chi connectivity index (χ2v) is 3.75. The van der Waals surface area contributed by atoms with Crippen molar-refractivity contribution < 1.29 is 14.6 Å². The van der Waals surface area contributed by atoms with E-state index in [9.17, 15) is 4.79 Å². The predicted molar refractivity (Wildman–Crippen MR) is 56.2 cm³/mol. The number of carbonyl (C=O) groups is 1. The molecule has 0 atom stereocenters. The fourth-order valence-electron chi connectivity index (χ4n) is 1.91. The van der Waals surface area contributed by atoms with Crippen LogP contribution in [0, 0.1) is 0 Å². The Kier molecular flexibility index (Phi) is 2.90. The number of aryl methyl sites for hydroxylation is 1. The second-order valence-electron chi connectivity index (χ2n) is 3.75. The minimum Gasteiger partial charge on any atom is -0.493 e. The highest BCUT2D eigenvalue weighted by Crippen LogP contribution is 2.30. The van der Waals surface area contributed by atoms with E-state index in [4.69, 9.17) is 9.84 Å². The molecule has 0 unspecified atom stereocenters. The summed E-state index contributed by atoms with van der Waals surface area (Å²) in [6, 6.07) is 6.11. The molecule has 3 heteroatoms. The van der Waals surface area contributed by atoms with Crippen molar-refractivity contribution in [2.45, 2.75) is 25.7 Å². The minimum atomic E-state index is -0.733. The molecule has 1 aromatic carbocycles. The maximum atomic E-state index is 10.4. The molecule has 0 amide bonds. The average molecular weight is 206 g/mol. The standard InChI is InChI=1S/C12H14O3/c13-11(14)6-2-5-9-3-1-4-10-7-8-15-12(9)10/h1,3-4H,2,5-8H2,(H,13,14). The van der Waals surface area contributed by atoms with Crippen molar-refractivity contribution in [1.29, 1.82) is 0 Å². The topological polar surface area (TPSA) is 46.5 Å². The highest BCUT2D eigenvalue weighted by Gasteiger charge is 2.15. The molecule has 1 aliphatic rings. The van der Waals surface area contributed by atoms with E-state index >= 15 is 0 Å². The van der Waals surface area contributed by atoms with E-state index in [1.165, 1.54) is 5.56 Å². The summed E-state index contributed by atoms with van der Waals surface area (Å²) in [5.74, 6) is 0.256. The van der Waals surface area contributed by atoms with Gasteiger partial charge in [-0.25, -0.2) is 0 Å². The van der Waals surface area contributed by atoms with Crippen molar-refractivity contribution in [2.75, 3.05) is 6.61 Å². The van der Waals surface area contributed by atoms with Crippen molar-refractivity contribution in [1.82, 2.24) is 0 Å². The summed E-state index contributed by atoms with van der Waals surface area (Å²) in [6.45, 7) is 0.755. The number of hydrogen-bond acceptors (Lipinski definition) is 2. The molecule has 0 bridgehead atoms. The van der Waals surface area contributed by atoms with Crippen molar-refractivity contribution in [2.24, 2.45) is 0 Å². The van der Waals surface area contributed by atoms with Gasteiger partial charge >= 0.3 is 5.97 Å². The first-order valence-corrected chi connectivity index (χ1v) is 5.23. The predicted octanol–water partition coefficient (Wildman–Crippen LogP) is 2.03. The lowest BCUT2D eigenvalue weighted by molar-refractivity contribution is -0.137. The Morgan fingerprint density at radius 1 is 1.47 bits per heavy atom. The van der Waals surface area contributed by atoms with Crippen molar-refractivity contribution in [3.8, 4) is 5.75 Å². The highest BCUT2D eigenvalue weighted by molar-refractivity contribution is 5.66. The lowest BCUT2D eigenvalue weighted by Gasteiger charge is -2.06. The Bertz CT molecular complexity index is 371. The lowest BCUT2D eigenvalue weighted by Crippen LogP contribution is -1.97. The van der Waals surface area contributed by atoms with E-state index in [1.807, 2.05) is 12.1 Å². The van der Waals surface area contributed by atoms with Gasteiger partial charge in [0.2, 0.25) is 0 Å². The zero-order valence-corrected chi connectivity index (χ0v) is 8.53. The summed E-state index contributed by atoms with van der Waals surface area (Å²) in [4.78, 5) is 10.4. The Hall–Kier alpha value is -1.51. The molecule has 0 saturated heterocycles. The third-order valence-corrected chi connectivity index (χ3v) is 2.63. The molecule has 2 rings (SSSR count). The van der Waals surface area contributed by atoms with Crippen LogP contribution in [-0.4, -0.2) is 17.7 Å². The van der Waals surface area contributed by atoms with Crippen LogP contribution in [0.5, 0.6) is 5.75 Å². The van der Waals surface area contributed by atoms with Gasteiger partial charge < -0.3 is 9.84 Å². The van der Waals surface area contributed by atoms with E-state index in [1.54, 1.807) is 0 Å². The number of aliphatic carboxylic acids is 1. The van der Waals surface area contributed by atoms with Crippen molar-refractivity contribution in [3.05, 3.63) is 29.3 Å². The largest absolute Gasteiger partial charge is 0.493 e. The number of carboxylic acids is 1. The molecule has 0 radical (unpaired) electrons. The van der Waals surface area contributed by atoms with Crippen LogP contribution in [-0.2, 0) is 17.6 Å². The van der Waals surface area contributed by atoms with Crippen LogP contribution in [0.2, 0.25) is 0 Å². The van der Waals surface area contributed by atoms with Gasteiger partial charge in [-0.1, -0.05) is 18.2 Å². The fraction of sp³-hybridized carbons (Fsp3) is 0.417. The van der Waals surface area contributed by atoms with E-state index in [0.29, 0.717) is 6.42 Å². The van der Waals surface area contributed by atoms with Crippen LogP contribution in [0.3, 0.4) is 0 Å². The summed E-state index contributed by atoms with van der Waals surface area (Å²) in [5.41, 5.74) is 2.40. The first-order valence-electron chi connectivity index (χ1n) is 5.23. The maximum Gasteiger partial charge on any atom is 0.303 e. The zero-order chi connectivity index (χ0) is 10.7. The molecule has 80 valence electrons. The quantitative estimate of drug-likeness (QED) is 0.819. The SMILES string of the molecule is O=C(O)CCCc1cccc2c1OCC2. The van der Waals surface area contributed by atoms with Gasteiger partial charge in [-0.2, -0.15) is 0 Å². The molecule has 0 aliphatic carbocycles. The number of para-hydroxylation sites is 1. The number of fused-ring (bicyclic) bond motifs is 1. The number of ether oxygens (including phenoxy) is 1.